The van der Waals surface area contributed by atoms with Gasteiger partial charge in [-0.1, -0.05) is 67.4 Å². The molecule has 8 nitrogen and oxygen atoms in total. The zero-order valence-electron chi connectivity index (χ0n) is 23.4. The van der Waals surface area contributed by atoms with Gasteiger partial charge in [0.05, 0.1) is 22.7 Å². The van der Waals surface area contributed by atoms with Gasteiger partial charge >= 0.3 is 0 Å². The summed E-state index contributed by atoms with van der Waals surface area (Å²) in [6, 6.07) is 19.1. The molecule has 0 heterocycles. The van der Waals surface area contributed by atoms with Crippen molar-refractivity contribution in [2.45, 2.75) is 45.2 Å². The number of nitrogens with one attached hydrogen (secondary N) is 1. The number of para-hydroxylation sites is 1. The Balaban J connectivity index is 2.03. The van der Waals surface area contributed by atoms with E-state index in [1.54, 1.807) is 68.6 Å². The maximum atomic E-state index is 14.0. The molecule has 0 bridgehead atoms. The van der Waals surface area contributed by atoms with Gasteiger partial charge in [0.2, 0.25) is 11.8 Å². The molecule has 1 atom stereocenters. The molecule has 1 N–H and O–H groups in total. The van der Waals surface area contributed by atoms with Gasteiger partial charge in [0.15, 0.2) is 0 Å². The molecule has 10 heteroatoms. The van der Waals surface area contributed by atoms with Crippen LogP contribution in [-0.2, 0) is 26.2 Å². The Morgan fingerprint density at radius 2 is 1.65 bits per heavy atom. The molecule has 0 aromatic heterocycles. The van der Waals surface area contributed by atoms with Gasteiger partial charge in [-0.2, -0.15) is 0 Å². The number of halogens is 1. The van der Waals surface area contributed by atoms with Crippen LogP contribution in [0, 0.1) is 12.8 Å². The van der Waals surface area contributed by atoms with Crippen molar-refractivity contribution >= 4 is 39.1 Å². The fourth-order valence-corrected chi connectivity index (χ4v) is 5.73. The number of anilines is 1. The van der Waals surface area contributed by atoms with Gasteiger partial charge in [-0.05, 0) is 61.7 Å². The first-order valence-electron chi connectivity index (χ1n) is 13.0. The van der Waals surface area contributed by atoms with E-state index in [0.717, 1.165) is 15.4 Å². The standard InChI is InChI=1S/C30H36ClN3O5S/c1-21(2)18-32-30(36)23(4)33(19-24-9-8-10-25(17-24)39-5)29(35)20-34(28-12-7-6-11-27(28)31)40(37,38)26-15-13-22(3)14-16-26/h6-17,21,23H,18-20H2,1-5H3,(H,32,36). The van der Waals surface area contributed by atoms with Crippen molar-refractivity contribution in [2.75, 3.05) is 24.5 Å². The predicted molar refractivity (Wildman–Crippen MR) is 158 cm³/mol. The third-order valence-corrected chi connectivity index (χ3v) is 8.44. The molecule has 0 aliphatic carbocycles. The molecule has 214 valence electrons. The normalized spacial score (nSPS) is 12.1. The molecule has 3 aromatic carbocycles. The van der Waals surface area contributed by atoms with Crippen LogP contribution in [0.25, 0.3) is 0 Å². The molecule has 1 unspecified atom stereocenters. The quantitative estimate of drug-likeness (QED) is 0.321. The first-order chi connectivity index (χ1) is 18.9. The predicted octanol–water partition coefficient (Wildman–Crippen LogP) is 5.04. The third kappa shape index (κ3) is 7.76. The number of rotatable bonds is 12. The van der Waals surface area contributed by atoms with Gasteiger partial charge in [0.1, 0.15) is 18.3 Å². The van der Waals surface area contributed by atoms with Crippen molar-refractivity contribution in [2.24, 2.45) is 5.92 Å². The van der Waals surface area contributed by atoms with Crippen molar-refractivity contribution < 1.29 is 22.7 Å². The van der Waals surface area contributed by atoms with Crippen LogP contribution in [0.4, 0.5) is 5.69 Å². The number of ether oxygens (including phenoxy) is 1. The molecule has 0 saturated carbocycles. The number of aryl methyl sites for hydroxylation is 1. The number of sulfonamides is 1. The van der Waals surface area contributed by atoms with Crippen LogP contribution in [0.3, 0.4) is 0 Å². The molecule has 40 heavy (non-hydrogen) atoms. The SMILES string of the molecule is COc1cccc(CN(C(=O)CN(c2ccccc2Cl)S(=O)(=O)c2ccc(C)cc2)C(C)C(=O)NCC(C)C)c1. The number of carbonyl (C=O) groups excluding carboxylic acids is 2. The second kappa shape index (κ2) is 13.7. The van der Waals surface area contributed by atoms with Crippen molar-refractivity contribution in [3.63, 3.8) is 0 Å². The summed E-state index contributed by atoms with van der Waals surface area (Å²) in [5.74, 6) is -0.0863. The van der Waals surface area contributed by atoms with Crippen LogP contribution in [0.2, 0.25) is 5.02 Å². The van der Waals surface area contributed by atoms with E-state index in [4.69, 9.17) is 16.3 Å². The Morgan fingerprint density at radius 3 is 2.27 bits per heavy atom. The van der Waals surface area contributed by atoms with Crippen LogP contribution in [-0.4, -0.2) is 51.4 Å². The van der Waals surface area contributed by atoms with E-state index >= 15 is 0 Å². The molecular weight excluding hydrogens is 550 g/mol. The third-order valence-electron chi connectivity index (χ3n) is 6.35. The molecule has 0 fully saturated rings. The van der Waals surface area contributed by atoms with Gasteiger partial charge in [-0.3, -0.25) is 13.9 Å². The summed E-state index contributed by atoms with van der Waals surface area (Å²) in [6.45, 7) is 7.37. The lowest BCUT2D eigenvalue weighted by Gasteiger charge is -2.32. The highest BCUT2D eigenvalue weighted by atomic mass is 35.5. The lowest BCUT2D eigenvalue weighted by atomic mass is 10.1. The Kier molecular flexibility index (Phi) is 10.6. The number of nitrogens with zero attached hydrogens (tertiary/aromatic N) is 2. The van der Waals surface area contributed by atoms with Crippen molar-refractivity contribution in [3.05, 3.63) is 88.9 Å². The highest BCUT2D eigenvalue weighted by Crippen LogP contribution is 2.31. The van der Waals surface area contributed by atoms with Crippen molar-refractivity contribution in [3.8, 4) is 5.75 Å². The summed E-state index contributed by atoms with van der Waals surface area (Å²) < 4.78 is 34.1. The summed E-state index contributed by atoms with van der Waals surface area (Å²) in [5, 5.41) is 3.04. The largest absolute Gasteiger partial charge is 0.497 e. The summed E-state index contributed by atoms with van der Waals surface area (Å²) in [4.78, 5) is 28.5. The van der Waals surface area contributed by atoms with Crippen LogP contribution >= 0.6 is 11.6 Å². The van der Waals surface area contributed by atoms with Gasteiger partial charge in [0, 0.05) is 13.1 Å². The number of hydrogen-bond acceptors (Lipinski definition) is 5. The van der Waals surface area contributed by atoms with Crippen LogP contribution in [0.5, 0.6) is 5.75 Å². The minimum absolute atomic E-state index is 0.0212. The minimum Gasteiger partial charge on any atom is -0.497 e. The van der Waals surface area contributed by atoms with E-state index in [1.165, 1.54) is 17.0 Å². The van der Waals surface area contributed by atoms with E-state index in [9.17, 15) is 18.0 Å². The average molecular weight is 586 g/mol. The number of benzene rings is 3. The van der Waals surface area contributed by atoms with Gasteiger partial charge in [-0.15, -0.1) is 0 Å². The average Bonchev–Trinajstić information content (AvgIpc) is 2.93. The van der Waals surface area contributed by atoms with Gasteiger partial charge < -0.3 is 15.0 Å². The van der Waals surface area contributed by atoms with Crippen LogP contribution < -0.4 is 14.4 Å². The molecule has 0 saturated heterocycles. The first kappa shape index (κ1) is 31.0. The Bertz CT molecular complexity index is 1430. The minimum atomic E-state index is -4.19. The molecular formula is C30H36ClN3O5S. The number of methoxy groups -OCH3 is 1. The highest BCUT2D eigenvalue weighted by molar-refractivity contribution is 7.92. The van der Waals surface area contributed by atoms with Gasteiger partial charge in [0.25, 0.3) is 10.0 Å². The lowest BCUT2D eigenvalue weighted by molar-refractivity contribution is -0.139. The Hall–Kier alpha value is -3.56. The van der Waals surface area contributed by atoms with Crippen LogP contribution in [0.1, 0.15) is 31.9 Å². The fraction of sp³-hybridized carbons (Fsp3) is 0.333. The van der Waals surface area contributed by atoms with E-state index in [-0.39, 0.29) is 34.0 Å². The highest BCUT2D eigenvalue weighted by Gasteiger charge is 2.33. The fourth-order valence-electron chi connectivity index (χ4n) is 4.01. The van der Waals surface area contributed by atoms with E-state index in [2.05, 4.69) is 5.32 Å². The second-order valence-corrected chi connectivity index (χ2v) is 12.2. The number of amides is 2. The number of hydrogen-bond donors (Lipinski definition) is 1. The number of carbonyl (C=O) groups is 2. The molecule has 0 aliphatic rings. The van der Waals surface area contributed by atoms with E-state index in [0.29, 0.717) is 12.3 Å². The van der Waals surface area contributed by atoms with Crippen molar-refractivity contribution in [1.82, 2.24) is 10.2 Å². The second-order valence-electron chi connectivity index (χ2n) is 9.96. The molecule has 2 amide bonds. The topological polar surface area (TPSA) is 96.0 Å². The summed E-state index contributed by atoms with van der Waals surface area (Å²) in [7, 11) is -2.65. The van der Waals surface area contributed by atoms with Crippen LogP contribution in [0.15, 0.2) is 77.7 Å². The van der Waals surface area contributed by atoms with Gasteiger partial charge in [-0.25, -0.2) is 8.42 Å². The van der Waals surface area contributed by atoms with Crippen molar-refractivity contribution in [1.29, 1.82) is 0 Å². The molecule has 3 rings (SSSR count). The van der Waals surface area contributed by atoms with E-state index < -0.39 is 28.5 Å². The maximum Gasteiger partial charge on any atom is 0.264 e. The Labute approximate surface area is 241 Å². The molecule has 0 spiro atoms. The maximum absolute atomic E-state index is 14.0. The molecule has 0 radical (unpaired) electrons. The molecule has 3 aromatic rings. The smallest absolute Gasteiger partial charge is 0.264 e. The zero-order valence-corrected chi connectivity index (χ0v) is 25.0. The van der Waals surface area contributed by atoms with E-state index in [1.807, 2.05) is 26.8 Å². The zero-order chi connectivity index (χ0) is 29.4. The molecule has 0 aliphatic heterocycles. The lowest BCUT2D eigenvalue weighted by Crippen LogP contribution is -2.51. The summed E-state index contributed by atoms with van der Waals surface area (Å²) in [5.41, 5.74) is 1.78. The summed E-state index contributed by atoms with van der Waals surface area (Å²) in [6.07, 6.45) is 0. The monoisotopic (exact) mass is 585 g/mol. The Morgan fingerprint density at radius 1 is 0.975 bits per heavy atom. The summed E-state index contributed by atoms with van der Waals surface area (Å²) >= 11 is 6.44. The first-order valence-corrected chi connectivity index (χ1v) is 14.8.